The van der Waals surface area contributed by atoms with Crippen LogP contribution < -0.4 is 5.32 Å². The van der Waals surface area contributed by atoms with E-state index in [1.54, 1.807) is 28.5 Å². The van der Waals surface area contributed by atoms with Gasteiger partial charge in [0.2, 0.25) is 0 Å². The Bertz CT molecular complexity index is 1110. The Labute approximate surface area is 162 Å². The van der Waals surface area contributed by atoms with Crippen molar-refractivity contribution in [2.75, 3.05) is 5.32 Å². The van der Waals surface area contributed by atoms with Gasteiger partial charge in [-0.2, -0.15) is 5.10 Å². The maximum atomic E-state index is 13.4. The van der Waals surface area contributed by atoms with Gasteiger partial charge in [-0.3, -0.25) is 10.1 Å². The van der Waals surface area contributed by atoms with E-state index in [9.17, 15) is 13.6 Å². The fourth-order valence-electron chi connectivity index (χ4n) is 2.55. The zero-order chi connectivity index (χ0) is 19.5. The Kier molecular flexibility index (Phi) is 4.90. The number of carbonyl (C=O) groups is 1. The number of halogens is 2. The predicted octanol–water partition coefficient (Wildman–Crippen LogP) is 3.98. The van der Waals surface area contributed by atoms with E-state index in [1.165, 1.54) is 23.7 Å². The Balaban J connectivity index is 1.43. The average molecular weight is 397 g/mol. The highest BCUT2D eigenvalue weighted by Crippen LogP contribution is 2.26. The van der Waals surface area contributed by atoms with Crippen LogP contribution in [0.5, 0.6) is 0 Å². The average Bonchev–Trinajstić information content (AvgIpc) is 3.37. The van der Waals surface area contributed by atoms with Gasteiger partial charge in [0.1, 0.15) is 12.7 Å². The van der Waals surface area contributed by atoms with Crippen LogP contribution >= 0.6 is 11.3 Å². The van der Waals surface area contributed by atoms with Gasteiger partial charge >= 0.3 is 0 Å². The monoisotopic (exact) mass is 397 g/mol. The van der Waals surface area contributed by atoms with Gasteiger partial charge in [0.25, 0.3) is 5.91 Å². The first kappa shape index (κ1) is 17.9. The lowest BCUT2D eigenvalue weighted by molar-refractivity contribution is 0.102. The van der Waals surface area contributed by atoms with E-state index in [0.29, 0.717) is 28.5 Å². The van der Waals surface area contributed by atoms with Crippen LogP contribution in [0.25, 0.3) is 11.3 Å². The third-order valence-corrected chi connectivity index (χ3v) is 4.73. The quantitative estimate of drug-likeness (QED) is 0.553. The minimum atomic E-state index is -0.943. The molecule has 0 radical (unpaired) electrons. The number of thiazole rings is 1. The molecule has 2 aromatic carbocycles. The van der Waals surface area contributed by atoms with Crippen LogP contribution in [0.4, 0.5) is 13.9 Å². The summed E-state index contributed by atoms with van der Waals surface area (Å²) in [4.78, 5) is 20.6. The maximum Gasteiger partial charge on any atom is 0.257 e. The Hall–Kier alpha value is -3.46. The van der Waals surface area contributed by atoms with Gasteiger partial charge in [0.15, 0.2) is 16.8 Å². The minimum Gasteiger partial charge on any atom is -0.298 e. The lowest BCUT2D eigenvalue weighted by atomic mass is 10.1. The van der Waals surface area contributed by atoms with Gasteiger partial charge < -0.3 is 0 Å². The fraction of sp³-hybridized carbons (Fsp3) is 0.0526. The summed E-state index contributed by atoms with van der Waals surface area (Å²) in [5.41, 5.74) is 2.36. The number of carbonyl (C=O) groups excluding carboxylic acids is 1. The minimum absolute atomic E-state index is 0.307. The van der Waals surface area contributed by atoms with Crippen molar-refractivity contribution in [3.05, 3.63) is 83.3 Å². The second-order valence-corrected chi connectivity index (χ2v) is 6.77. The molecule has 2 heterocycles. The van der Waals surface area contributed by atoms with Gasteiger partial charge in [-0.1, -0.05) is 12.1 Å². The van der Waals surface area contributed by atoms with Crippen LogP contribution in [-0.4, -0.2) is 25.7 Å². The molecule has 0 aliphatic heterocycles. The van der Waals surface area contributed by atoms with Crippen molar-refractivity contribution < 1.29 is 13.6 Å². The zero-order valence-electron chi connectivity index (χ0n) is 14.3. The summed E-state index contributed by atoms with van der Waals surface area (Å²) in [6.07, 6.45) is 3.08. The summed E-state index contributed by atoms with van der Waals surface area (Å²) >= 11 is 1.21. The lowest BCUT2D eigenvalue weighted by Crippen LogP contribution is -2.11. The summed E-state index contributed by atoms with van der Waals surface area (Å²) in [7, 11) is 0. The van der Waals surface area contributed by atoms with E-state index in [-0.39, 0.29) is 5.91 Å². The number of hydrogen-bond donors (Lipinski definition) is 1. The van der Waals surface area contributed by atoms with Crippen molar-refractivity contribution in [1.82, 2.24) is 19.7 Å². The largest absolute Gasteiger partial charge is 0.298 e. The SMILES string of the molecule is O=C(Nc1nc(-c2ccc(F)c(F)c2)cs1)c1ccc(Cn2cncn2)cc1. The molecule has 2 aromatic heterocycles. The molecule has 0 aliphatic carbocycles. The fourth-order valence-corrected chi connectivity index (χ4v) is 3.27. The van der Waals surface area contributed by atoms with Gasteiger partial charge in [0, 0.05) is 16.5 Å². The molecule has 1 amide bonds. The van der Waals surface area contributed by atoms with Gasteiger partial charge in [0.05, 0.1) is 12.2 Å². The van der Waals surface area contributed by atoms with Crippen molar-refractivity contribution in [2.24, 2.45) is 0 Å². The number of anilines is 1. The van der Waals surface area contributed by atoms with Crippen LogP contribution in [0.2, 0.25) is 0 Å². The Morgan fingerprint density at radius 2 is 1.93 bits per heavy atom. The van der Waals surface area contributed by atoms with Gasteiger partial charge in [-0.05, 0) is 35.9 Å². The molecule has 140 valence electrons. The first-order chi connectivity index (χ1) is 13.6. The molecule has 4 rings (SSSR count). The first-order valence-electron chi connectivity index (χ1n) is 8.22. The number of hydrogen-bond acceptors (Lipinski definition) is 5. The molecular formula is C19H13F2N5OS. The number of amides is 1. The summed E-state index contributed by atoms with van der Waals surface area (Å²) in [6, 6.07) is 10.7. The van der Waals surface area contributed by atoms with Gasteiger partial charge in [-0.15, -0.1) is 11.3 Å². The number of rotatable bonds is 5. The second-order valence-electron chi connectivity index (χ2n) is 5.91. The summed E-state index contributed by atoms with van der Waals surface area (Å²) < 4.78 is 28.1. The molecule has 0 saturated heterocycles. The van der Waals surface area contributed by atoms with Crippen molar-refractivity contribution in [1.29, 1.82) is 0 Å². The van der Waals surface area contributed by atoms with Crippen molar-refractivity contribution in [2.45, 2.75) is 6.54 Å². The van der Waals surface area contributed by atoms with Crippen molar-refractivity contribution in [3.8, 4) is 11.3 Å². The molecule has 0 unspecified atom stereocenters. The van der Waals surface area contributed by atoms with Crippen molar-refractivity contribution >= 4 is 22.4 Å². The molecule has 0 saturated carbocycles. The molecule has 0 spiro atoms. The molecule has 1 N–H and O–H groups in total. The van der Waals surface area contributed by atoms with Crippen LogP contribution in [-0.2, 0) is 6.54 Å². The maximum absolute atomic E-state index is 13.4. The van der Waals surface area contributed by atoms with E-state index in [1.807, 2.05) is 12.1 Å². The third kappa shape index (κ3) is 3.94. The van der Waals surface area contributed by atoms with Crippen LogP contribution in [0.3, 0.4) is 0 Å². The Morgan fingerprint density at radius 1 is 1.11 bits per heavy atom. The standard InChI is InChI=1S/C19H13F2N5OS/c20-15-6-5-14(7-16(15)21)17-9-28-19(24-17)25-18(27)13-3-1-12(2-4-13)8-26-11-22-10-23-26/h1-7,9-11H,8H2,(H,24,25,27). The molecule has 6 nitrogen and oxygen atoms in total. The lowest BCUT2D eigenvalue weighted by Gasteiger charge is -2.04. The number of benzene rings is 2. The van der Waals surface area contributed by atoms with Crippen LogP contribution in [0.1, 0.15) is 15.9 Å². The zero-order valence-corrected chi connectivity index (χ0v) is 15.2. The van der Waals surface area contributed by atoms with E-state index in [4.69, 9.17) is 0 Å². The molecule has 0 bridgehead atoms. The first-order valence-corrected chi connectivity index (χ1v) is 9.10. The molecule has 0 aliphatic rings. The van der Waals surface area contributed by atoms with E-state index in [0.717, 1.165) is 17.7 Å². The van der Waals surface area contributed by atoms with E-state index >= 15 is 0 Å². The highest BCUT2D eigenvalue weighted by Gasteiger charge is 2.12. The van der Waals surface area contributed by atoms with Crippen molar-refractivity contribution in [3.63, 3.8) is 0 Å². The topological polar surface area (TPSA) is 72.7 Å². The predicted molar refractivity (Wildman–Crippen MR) is 101 cm³/mol. The van der Waals surface area contributed by atoms with E-state index in [2.05, 4.69) is 20.4 Å². The normalized spacial score (nSPS) is 10.8. The number of nitrogens with zero attached hydrogens (tertiary/aromatic N) is 4. The van der Waals surface area contributed by atoms with Gasteiger partial charge in [-0.25, -0.2) is 23.4 Å². The third-order valence-electron chi connectivity index (χ3n) is 3.97. The van der Waals surface area contributed by atoms with Crippen LogP contribution in [0, 0.1) is 11.6 Å². The highest BCUT2D eigenvalue weighted by molar-refractivity contribution is 7.14. The molecule has 9 heteroatoms. The van der Waals surface area contributed by atoms with Crippen LogP contribution in [0.15, 0.2) is 60.5 Å². The highest BCUT2D eigenvalue weighted by atomic mass is 32.1. The molecular weight excluding hydrogens is 384 g/mol. The number of nitrogens with one attached hydrogen (secondary N) is 1. The summed E-state index contributed by atoms with van der Waals surface area (Å²) in [5, 5.41) is 8.79. The molecule has 4 aromatic rings. The summed E-state index contributed by atoms with van der Waals surface area (Å²) in [6.45, 7) is 0.561. The van der Waals surface area contributed by atoms with E-state index < -0.39 is 11.6 Å². The smallest absolute Gasteiger partial charge is 0.257 e. The molecule has 0 fully saturated rings. The molecule has 0 atom stereocenters. The Morgan fingerprint density at radius 3 is 2.64 bits per heavy atom. The summed E-state index contributed by atoms with van der Waals surface area (Å²) in [5.74, 6) is -2.17. The second kappa shape index (κ2) is 7.65. The molecule has 28 heavy (non-hydrogen) atoms. The number of aromatic nitrogens is 4.